The van der Waals surface area contributed by atoms with Gasteiger partial charge >= 0.3 is 0 Å². The highest BCUT2D eigenvalue weighted by Gasteiger charge is 2.20. The van der Waals surface area contributed by atoms with Crippen molar-refractivity contribution in [1.29, 1.82) is 5.26 Å². The van der Waals surface area contributed by atoms with Crippen molar-refractivity contribution in [2.24, 2.45) is 13.0 Å². The maximum atomic E-state index is 8.89. The fourth-order valence-electron chi connectivity index (χ4n) is 2.74. The minimum absolute atomic E-state index is 0.586. The second-order valence-corrected chi connectivity index (χ2v) is 5.17. The molecule has 1 aliphatic rings. The van der Waals surface area contributed by atoms with Gasteiger partial charge < -0.3 is 9.88 Å². The van der Waals surface area contributed by atoms with Crippen LogP contribution in [0.4, 0.5) is 0 Å². The van der Waals surface area contributed by atoms with E-state index in [0.717, 1.165) is 18.2 Å². The third-order valence-electron chi connectivity index (χ3n) is 3.91. The Morgan fingerprint density at radius 1 is 1.53 bits per heavy atom. The highest BCUT2D eigenvalue weighted by atomic mass is 15.0. The predicted molar refractivity (Wildman–Crippen MR) is 68.4 cm³/mol. The summed E-state index contributed by atoms with van der Waals surface area (Å²) in [4.78, 5) is 0. The molecule has 0 saturated heterocycles. The highest BCUT2D eigenvalue weighted by Crippen LogP contribution is 2.27. The summed E-state index contributed by atoms with van der Waals surface area (Å²) in [6.07, 6.45) is 7.55. The zero-order valence-corrected chi connectivity index (χ0v) is 10.7. The molecule has 0 radical (unpaired) electrons. The van der Waals surface area contributed by atoms with E-state index < -0.39 is 0 Å². The van der Waals surface area contributed by atoms with E-state index in [1.165, 1.54) is 31.2 Å². The molecule has 0 spiro atoms. The van der Waals surface area contributed by atoms with Crippen molar-refractivity contribution in [1.82, 2.24) is 9.88 Å². The molecule has 0 aromatic carbocycles. The van der Waals surface area contributed by atoms with Crippen LogP contribution in [-0.2, 0) is 13.6 Å². The first kappa shape index (κ1) is 12.2. The smallest absolute Gasteiger partial charge is 0.120 e. The van der Waals surface area contributed by atoms with Crippen LogP contribution in [0.5, 0.6) is 0 Å². The standard InChI is InChI=1S/C14H21N3/c1-11(13-5-3-4-6-13)16-9-12-7-14(8-15)17(2)10-12/h7,10-11,13,16H,3-6,9H2,1-2H3/t11-/m1/s1. The molecule has 1 saturated carbocycles. The number of aryl methyl sites for hydroxylation is 1. The van der Waals surface area contributed by atoms with Gasteiger partial charge in [-0.05, 0) is 37.3 Å². The first-order valence-electron chi connectivity index (χ1n) is 6.49. The number of rotatable bonds is 4. The summed E-state index contributed by atoms with van der Waals surface area (Å²) in [6.45, 7) is 3.15. The molecular formula is C14H21N3. The lowest BCUT2D eigenvalue weighted by Crippen LogP contribution is -2.31. The summed E-state index contributed by atoms with van der Waals surface area (Å²) >= 11 is 0. The molecule has 92 valence electrons. The van der Waals surface area contributed by atoms with Crippen molar-refractivity contribution >= 4 is 0 Å². The van der Waals surface area contributed by atoms with Crippen molar-refractivity contribution < 1.29 is 0 Å². The predicted octanol–water partition coefficient (Wildman–Crippen LogP) is 2.57. The quantitative estimate of drug-likeness (QED) is 0.865. The van der Waals surface area contributed by atoms with Crippen molar-refractivity contribution in [3.05, 3.63) is 23.5 Å². The van der Waals surface area contributed by atoms with Gasteiger partial charge in [0.1, 0.15) is 11.8 Å². The minimum Gasteiger partial charge on any atom is -0.342 e. The molecule has 0 unspecified atom stereocenters. The first-order chi connectivity index (χ1) is 8.20. The van der Waals surface area contributed by atoms with E-state index >= 15 is 0 Å². The average molecular weight is 231 g/mol. The Morgan fingerprint density at radius 3 is 2.82 bits per heavy atom. The van der Waals surface area contributed by atoms with Crippen molar-refractivity contribution in [3.8, 4) is 6.07 Å². The van der Waals surface area contributed by atoms with Crippen LogP contribution in [-0.4, -0.2) is 10.6 Å². The maximum absolute atomic E-state index is 8.89. The summed E-state index contributed by atoms with van der Waals surface area (Å²) in [5, 5.41) is 12.5. The second-order valence-electron chi connectivity index (χ2n) is 5.17. The van der Waals surface area contributed by atoms with E-state index in [2.05, 4.69) is 18.3 Å². The lowest BCUT2D eigenvalue weighted by molar-refractivity contribution is 0.380. The van der Waals surface area contributed by atoms with Crippen LogP contribution in [0.3, 0.4) is 0 Å². The topological polar surface area (TPSA) is 40.8 Å². The Kier molecular flexibility index (Phi) is 3.86. The molecule has 3 nitrogen and oxygen atoms in total. The summed E-state index contributed by atoms with van der Waals surface area (Å²) in [5.41, 5.74) is 1.93. The number of aromatic nitrogens is 1. The highest BCUT2D eigenvalue weighted by molar-refractivity contribution is 5.28. The molecular weight excluding hydrogens is 210 g/mol. The van der Waals surface area contributed by atoms with E-state index in [9.17, 15) is 0 Å². The molecule has 17 heavy (non-hydrogen) atoms. The zero-order valence-electron chi connectivity index (χ0n) is 10.7. The van der Waals surface area contributed by atoms with Gasteiger partial charge in [-0.15, -0.1) is 0 Å². The summed E-state index contributed by atoms with van der Waals surface area (Å²) < 4.78 is 1.89. The van der Waals surface area contributed by atoms with Crippen LogP contribution >= 0.6 is 0 Å². The molecule has 0 amide bonds. The third-order valence-corrected chi connectivity index (χ3v) is 3.91. The molecule has 3 heteroatoms. The average Bonchev–Trinajstić information content (AvgIpc) is 2.95. The second kappa shape index (κ2) is 5.37. The van der Waals surface area contributed by atoms with Crippen LogP contribution < -0.4 is 5.32 Å². The summed E-state index contributed by atoms with van der Waals surface area (Å²) in [7, 11) is 1.92. The fourth-order valence-corrected chi connectivity index (χ4v) is 2.74. The van der Waals surface area contributed by atoms with E-state index in [-0.39, 0.29) is 0 Å². The molecule has 0 aliphatic heterocycles. The Labute approximate surface area is 103 Å². The van der Waals surface area contributed by atoms with Crippen molar-refractivity contribution in [2.45, 2.75) is 45.2 Å². The molecule has 1 atom stereocenters. The lowest BCUT2D eigenvalue weighted by atomic mass is 10.00. The fraction of sp³-hybridized carbons (Fsp3) is 0.643. The zero-order chi connectivity index (χ0) is 12.3. The Hall–Kier alpha value is -1.27. The Bertz CT molecular complexity index is 408. The third kappa shape index (κ3) is 2.89. The van der Waals surface area contributed by atoms with Crippen molar-refractivity contribution in [2.75, 3.05) is 0 Å². The van der Waals surface area contributed by atoms with Crippen LogP contribution in [0.25, 0.3) is 0 Å². The van der Waals surface area contributed by atoms with E-state index in [1.54, 1.807) is 0 Å². The van der Waals surface area contributed by atoms with Gasteiger partial charge in [0.15, 0.2) is 0 Å². The monoisotopic (exact) mass is 231 g/mol. The first-order valence-corrected chi connectivity index (χ1v) is 6.49. The molecule has 1 N–H and O–H groups in total. The van der Waals surface area contributed by atoms with Gasteiger partial charge in [0.25, 0.3) is 0 Å². The van der Waals surface area contributed by atoms with E-state index in [4.69, 9.17) is 5.26 Å². The number of nitrogens with one attached hydrogen (secondary N) is 1. The molecule has 2 rings (SSSR count). The van der Waals surface area contributed by atoms with Gasteiger partial charge in [-0.25, -0.2) is 0 Å². The molecule has 1 aromatic rings. The minimum atomic E-state index is 0.586. The number of hydrogen-bond donors (Lipinski definition) is 1. The van der Waals surface area contributed by atoms with Gasteiger partial charge in [0.2, 0.25) is 0 Å². The van der Waals surface area contributed by atoms with Gasteiger partial charge in [-0.1, -0.05) is 12.8 Å². The SMILES string of the molecule is C[C@@H](NCc1cc(C#N)n(C)c1)C1CCCC1. The summed E-state index contributed by atoms with van der Waals surface area (Å²) in [5.74, 6) is 0.842. The van der Waals surface area contributed by atoms with Gasteiger partial charge in [0, 0.05) is 25.8 Å². The number of hydrogen-bond acceptors (Lipinski definition) is 2. The number of nitriles is 1. The molecule has 1 aromatic heterocycles. The van der Waals surface area contributed by atoms with Crippen molar-refractivity contribution in [3.63, 3.8) is 0 Å². The molecule has 0 bridgehead atoms. The lowest BCUT2D eigenvalue weighted by Gasteiger charge is -2.19. The van der Waals surface area contributed by atoms with E-state index in [1.807, 2.05) is 23.9 Å². The van der Waals surface area contributed by atoms with Gasteiger partial charge in [0.05, 0.1) is 0 Å². The molecule has 1 fully saturated rings. The molecule has 1 aliphatic carbocycles. The maximum Gasteiger partial charge on any atom is 0.120 e. The largest absolute Gasteiger partial charge is 0.342 e. The van der Waals surface area contributed by atoms with Crippen LogP contribution in [0.15, 0.2) is 12.3 Å². The Morgan fingerprint density at radius 2 is 2.24 bits per heavy atom. The van der Waals surface area contributed by atoms with E-state index in [0.29, 0.717) is 6.04 Å². The van der Waals surface area contributed by atoms with Crippen LogP contribution in [0.1, 0.15) is 43.9 Å². The van der Waals surface area contributed by atoms with Gasteiger partial charge in [-0.2, -0.15) is 5.26 Å². The normalized spacial score (nSPS) is 18.2. The van der Waals surface area contributed by atoms with Gasteiger partial charge in [-0.3, -0.25) is 0 Å². The Balaban J connectivity index is 1.86. The van der Waals surface area contributed by atoms with Crippen LogP contribution in [0, 0.1) is 17.2 Å². The molecule has 1 heterocycles. The van der Waals surface area contributed by atoms with Crippen LogP contribution in [0.2, 0.25) is 0 Å². The summed E-state index contributed by atoms with van der Waals surface area (Å²) in [6, 6.07) is 4.75. The number of nitrogens with zero attached hydrogens (tertiary/aromatic N) is 2.